The van der Waals surface area contributed by atoms with Crippen LogP contribution in [0.2, 0.25) is 0 Å². The van der Waals surface area contributed by atoms with Gasteiger partial charge in [-0.1, -0.05) is 36.8 Å². The van der Waals surface area contributed by atoms with E-state index in [1.54, 1.807) is 0 Å². The van der Waals surface area contributed by atoms with Crippen molar-refractivity contribution in [1.82, 2.24) is 0 Å². The highest BCUT2D eigenvalue weighted by Gasteiger charge is 2.48. The summed E-state index contributed by atoms with van der Waals surface area (Å²) in [7, 11) is 0. The summed E-state index contributed by atoms with van der Waals surface area (Å²) >= 11 is 0. The average molecular weight is 407 g/mol. The zero-order valence-electron chi connectivity index (χ0n) is 17.7. The van der Waals surface area contributed by atoms with Gasteiger partial charge in [0.25, 0.3) is 0 Å². The fraction of sp³-hybridized carbons (Fsp3) is 0.696. The fourth-order valence-electron chi connectivity index (χ4n) is 4.28. The van der Waals surface area contributed by atoms with Crippen LogP contribution in [0.3, 0.4) is 0 Å². The number of rotatable bonds is 8. The lowest BCUT2D eigenvalue weighted by Gasteiger charge is -2.49. The van der Waals surface area contributed by atoms with Crippen molar-refractivity contribution in [2.75, 3.05) is 20.0 Å². The second kappa shape index (κ2) is 10.0. The standard InChI is InChI=1S/C23H34O6/c1-23(2,3)22(25)27-14-20-18-11-7-10-17(19(12-24)29-20)21(18)28-15-26-13-16-8-5-4-6-9-16/h4-6,8-9,17-21,24H,7,10-15H2,1-3H3/t17-,18+,19-,20+,21+/m0/s1. The number of carbonyl (C=O) groups is 1. The van der Waals surface area contributed by atoms with Gasteiger partial charge in [0.1, 0.15) is 13.4 Å². The van der Waals surface area contributed by atoms with Crippen LogP contribution in [-0.4, -0.2) is 49.4 Å². The third-order valence-corrected chi connectivity index (χ3v) is 5.85. The highest BCUT2D eigenvalue weighted by molar-refractivity contribution is 5.75. The van der Waals surface area contributed by atoms with Gasteiger partial charge in [-0.25, -0.2) is 0 Å². The number of benzene rings is 1. The van der Waals surface area contributed by atoms with Crippen LogP contribution < -0.4 is 0 Å². The van der Waals surface area contributed by atoms with Gasteiger partial charge in [-0.3, -0.25) is 4.79 Å². The van der Waals surface area contributed by atoms with Crippen LogP contribution in [0.4, 0.5) is 0 Å². The molecule has 1 aliphatic carbocycles. The average Bonchev–Trinajstić information content (AvgIpc) is 2.70. The molecule has 3 rings (SSSR count). The highest BCUT2D eigenvalue weighted by Crippen LogP contribution is 2.42. The van der Waals surface area contributed by atoms with Crippen molar-refractivity contribution >= 4 is 5.97 Å². The maximum atomic E-state index is 12.2. The fourth-order valence-corrected chi connectivity index (χ4v) is 4.28. The second-order valence-corrected chi connectivity index (χ2v) is 9.09. The molecule has 1 aromatic carbocycles. The summed E-state index contributed by atoms with van der Waals surface area (Å²) in [4.78, 5) is 12.2. The van der Waals surface area contributed by atoms with Gasteiger partial charge in [-0.05, 0) is 39.2 Å². The zero-order valence-corrected chi connectivity index (χ0v) is 17.7. The minimum Gasteiger partial charge on any atom is -0.463 e. The molecule has 0 amide bonds. The van der Waals surface area contributed by atoms with Crippen LogP contribution in [0.1, 0.15) is 45.6 Å². The quantitative estimate of drug-likeness (QED) is 0.406. The Morgan fingerprint density at radius 1 is 1.14 bits per heavy atom. The Bertz CT molecular complexity index is 641. The van der Waals surface area contributed by atoms with Crippen molar-refractivity contribution in [2.45, 2.75) is 65.0 Å². The van der Waals surface area contributed by atoms with Gasteiger partial charge >= 0.3 is 5.97 Å². The van der Waals surface area contributed by atoms with E-state index in [1.807, 2.05) is 51.1 Å². The minimum absolute atomic E-state index is 0.0637. The Kier molecular flexibility index (Phi) is 7.68. The lowest BCUT2D eigenvalue weighted by molar-refractivity contribution is -0.244. The highest BCUT2D eigenvalue weighted by atomic mass is 16.7. The summed E-state index contributed by atoms with van der Waals surface area (Å²) in [6.07, 6.45) is 2.33. The predicted molar refractivity (Wildman–Crippen MR) is 108 cm³/mol. The van der Waals surface area contributed by atoms with E-state index in [1.165, 1.54) is 0 Å². The van der Waals surface area contributed by atoms with Crippen LogP contribution in [0.25, 0.3) is 0 Å². The molecule has 1 aliphatic heterocycles. The minimum atomic E-state index is -0.554. The number of carbonyl (C=O) groups excluding carboxylic acids is 1. The molecular weight excluding hydrogens is 372 g/mol. The maximum absolute atomic E-state index is 12.2. The normalized spacial score (nSPS) is 29.4. The molecular formula is C23H34O6. The molecule has 0 unspecified atom stereocenters. The molecule has 1 aromatic rings. The van der Waals surface area contributed by atoms with Gasteiger partial charge in [0.15, 0.2) is 0 Å². The van der Waals surface area contributed by atoms with Gasteiger partial charge in [-0.2, -0.15) is 0 Å². The third-order valence-electron chi connectivity index (χ3n) is 5.85. The molecule has 0 aromatic heterocycles. The van der Waals surface area contributed by atoms with Crippen molar-refractivity contribution < 1.29 is 28.8 Å². The first-order valence-electron chi connectivity index (χ1n) is 10.6. The summed E-state index contributed by atoms with van der Waals surface area (Å²) in [6.45, 7) is 6.32. The van der Waals surface area contributed by atoms with Gasteiger partial charge in [0, 0.05) is 11.8 Å². The molecule has 0 spiro atoms. The van der Waals surface area contributed by atoms with Crippen molar-refractivity contribution in [3.05, 3.63) is 35.9 Å². The van der Waals surface area contributed by atoms with E-state index in [2.05, 4.69) is 0 Å². The molecule has 2 fully saturated rings. The molecule has 29 heavy (non-hydrogen) atoms. The van der Waals surface area contributed by atoms with Crippen molar-refractivity contribution in [2.24, 2.45) is 17.3 Å². The number of esters is 1. The maximum Gasteiger partial charge on any atom is 0.311 e. The van der Waals surface area contributed by atoms with Gasteiger partial charge in [0.2, 0.25) is 0 Å². The van der Waals surface area contributed by atoms with E-state index in [0.717, 1.165) is 24.8 Å². The zero-order chi connectivity index (χ0) is 20.9. The molecule has 0 radical (unpaired) electrons. The first-order chi connectivity index (χ1) is 13.9. The molecule has 6 heteroatoms. The van der Waals surface area contributed by atoms with Crippen LogP contribution in [-0.2, 0) is 30.3 Å². The number of hydrogen-bond donors (Lipinski definition) is 1. The van der Waals surface area contributed by atoms with Crippen LogP contribution in [0, 0.1) is 17.3 Å². The van der Waals surface area contributed by atoms with Crippen LogP contribution >= 0.6 is 0 Å². The van der Waals surface area contributed by atoms with Crippen LogP contribution in [0.5, 0.6) is 0 Å². The molecule has 1 saturated carbocycles. The molecule has 2 aliphatic rings. The largest absolute Gasteiger partial charge is 0.463 e. The van der Waals surface area contributed by atoms with E-state index in [4.69, 9.17) is 18.9 Å². The number of hydrogen-bond acceptors (Lipinski definition) is 6. The SMILES string of the molecule is CC(C)(C)C(=O)OC[C@H]1O[C@@H](CO)[C@@H]2CCC[C@H]1[C@@H]2OCOCc1ccccc1. The summed E-state index contributed by atoms with van der Waals surface area (Å²) in [5.41, 5.74) is 0.546. The molecule has 1 N–H and O–H groups in total. The molecule has 162 valence electrons. The van der Waals surface area contributed by atoms with E-state index in [0.29, 0.717) is 6.61 Å². The summed E-state index contributed by atoms with van der Waals surface area (Å²) < 4.78 is 23.5. The van der Waals surface area contributed by atoms with E-state index < -0.39 is 5.41 Å². The van der Waals surface area contributed by atoms with Crippen molar-refractivity contribution in [3.63, 3.8) is 0 Å². The van der Waals surface area contributed by atoms with Crippen molar-refractivity contribution in [3.8, 4) is 0 Å². The number of fused-ring (bicyclic) bond motifs is 2. The van der Waals surface area contributed by atoms with Crippen molar-refractivity contribution in [1.29, 1.82) is 0 Å². The Labute approximate surface area is 173 Å². The Balaban J connectivity index is 1.58. The lowest BCUT2D eigenvalue weighted by atomic mass is 9.71. The number of aliphatic hydroxyl groups is 1. The van der Waals surface area contributed by atoms with Gasteiger partial charge in [0.05, 0.1) is 36.9 Å². The summed E-state index contributed by atoms with van der Waals surface area (Å²) in [5.74, 6) is 0.0153. The number of aliphatic hydroxyl groups excluding tert-OH is 1. The van der Waals surface area contributed by atoms with E-state index in [-0.39, 0.29) is 56.1 Å². The first-order valence-corrected chi connectivity index (χ1v) is 10.6. The van der Waals surface area contributed by atoms with Gasteiger partial charge in [-0.15, -0.1) is 0 Å². The topological polar surface area (TPSA) is 74.2 Å². The van der Waals surface area contributed by atoms with E-state index in [9.17, 15) is 9.90 Å². The summed E-state index contributed by atoms with van der Waals surface area (Å²) in [6, 6.07) is 9.98. The Morgan fingerprint density at radius 2 is 1.83 bits per heavy atom. The Morgan fingerprint density at radius 3 is 2.48 bits per heavy atom. The van der Waals surface area contributed by atoms with Gasteiger partial charge < -0.3 is 24.1 Å². The lowest BCUT2D eigenvalue weighted by Crippen LogP contribution is -2.56. The first kappa shape index (κ1) is 22.2. The molecule has 5 atom stereocenters. The van der Waals surface area contributed by atoms with Crippen LogP contribution in [0.15, 0.2) is 30.3 Å². The van der Waals surface area contributed by atoms with E-state index >= 15 is 0 Å². The predicted octanol–water partition coefficient (Wildman–Crippen LogP) is 3.31. The third kappa shape index (κ3) is 5.79. The Hall–Kier alpha value is -1.47. The smallest absolute Gasteiger partial charge is 0.311 e. The molecule has 2 bridgehead atoms. The second-order valence-electron chi connectivity index (χ2n) is 9.09. The molecule has 6 nitrogen and oxygen atoms in total. The number of ether oxygens (including phenoxy) is 4. The molecule has 1 saturated heterocycles. The monoisotopic (exact) mass is 406 g/mol. The summed E-state index contributed by atoms with van der Waals surface area (Å²) in [5, 5.41) is 9.85. The molecule has 1 heterocycles.